The number of ether oxygens (including phenoxy) is 2. The van der Waals surface area contributed by atoms with Crippen LogP contribution in [0.15, 0.2) is 57.9 Å². The van der Waals surface area contributed by atoms with Crippen LogP contribution in [-0.2, 0) is 24.4 Å². The molecule has 10 heteroatoms. The molecule has 2 aliphatic rings. The molecular formula is C24H28N4O6. The molecule has 34 heavy (non-hydrogen) atoms. The molecule has 2 aliphatic heterocycles. The summed E-state index contributed by atoms with van der Waals surface area (Å²) in [5, 5.41) is 0. The van der Waals surface area contributed by atoms with Gasteiger partial charge in [0.05, 0.1) is 32.3 Å². The number of fused-ring (bicyclic) bond motifs is 1. The number of carbonyl (C=O) groups excluding carboxylic acids is 1. The van der Waals surface area contributed by atoms with Crippen molar-refractivity contribution >= 4 is 5.91 Å². The Labute approximate surface area is 195 Å². The number of likely N-dealkylation sites (tertiary alicyclic amines) is 1. The molecule has 0 bridgehead atoms. The first-order valence-corrected chi connectivity index (χ1v) is 11.3. The number of rotatable bonds is 7. The maximum atomic E-state index is 13.3. The quantitative estimate of drug-likeness (QED) is 0.563. The molecule has 4 rings (SSSR count). The lowest BCUT2D eigenvalue weighted by molar-refractivity contribution is -0.133. The molecule has 1 unspecified atom stereocenters. The number of hydrogen-bond donors (Lipinski definition) is 0. The number of benzene rings is 1. The number of aromatic nitrogens is 3. The molecule has 2 aromatic rings. The molecule has 3 heterocycles. The fraction of sp³-hybridized carbons (Fsp3) is 0.417. The van der Waals surface area contributed by atoms with E-state index < -0.39 is 23.6 Å². The van der Waals surface area contributed by atoms with Crippen LogP contribution in [0.1, 0.15) is 30.9 Å². The third-order valence-electron chi connectivity index (χ3n) is 6.03. The van der Waals surface area contributed by atoms with Crippen LogP contribution in [0.25, 0.3) is 0 Å². The summed E-state index contributed by atoms with van der Waals surface area (Å²) in [7, 11) is 0. The van der Waals surface area contributed by atoms with E-state index in [1.165, 1.54) is 12.2 Å². The highest BCUT2D eigenvalue weighted by molar-refractivity contribution is 5.77. The van der Waals surface area contributed by atoms with Crippen LogP contribution in [0.5, 0.6) is 11.5 Å². The summed E-state index contributed by atoms with van der Waals surface area (Å²) in [6.07, 6.45) is 5.11. The second-order valence-electron chi connectivity index (χ2n) is 8.23. The van der Waals surface area contributed by atoms with Crippen molar-refractivity contribution in [2.24, 2.45) is 0 Å². The lowest BCUT2D eigenvalue weighted by Gasteiger charge is -2.26. The number of hydrogen-bond acceptors (Lipinski definition) is 6. The lowest BCUT2D eigenvalue weighted by atomic mass is 10.0. The molecule has 180 valence electrons. The molecule has 1 saturated heterocycles. The fourth-order valence-electron chi connectivity index (χ4n) is 4.41. The normalized spacial score (nSPS) is 17.3. The second-order valence-corrected chi connectivity index (χ2v) is 8.23. The molecule has 1 atom stereocenters. The summed E-state index contributed by atoms with van der Waals surface area (Å²) >= 11 is 0. The molecule has 1 aromatic carbocycles. The summed E-state index contributed by atoms with van der Waals surface area (Å²) in [4.78, 5) is 53.3. The van der Waals surface area contributed by atoms with E-state index in [1.54, 1.807) is 4.90 Å². The van der Waals surface area contributed by atoms with Gasteiger partial charge in [0.2, 0.25) is 5.91 Å². The van der Waals surface area contributed by atoms with Crippen molar-refractivity contribution in [2.75, 3.05) is 19.8 Å². The zero-order valence-electron chi connectivity index (χ0n) is 19.0. The van der Waals surface area contributed by atoms with Gasteiger partial charge in [-0.2, -0.15) is 0 Å². The van der Waals surface area contributed by atoms with E-state index in [0.717, 1.165) is 38.5 Å². The first-order chi connectivity index (χ1) is 16.5. The van der Waals surface area contributed by atoms with Gasteiger partial charge < -0.3 is 14.4 Å². The predicted octanol–water partition coefficient (Wildman–Crippen LogP) is 1.07. The third kappa shape index (κ3) is 4.35. The van der Waals surface area contributed by atoms with E-state index in [-0.39, 0.29) is 25.0 Å². The van der Waals surface area contributed by atoms with Gasteiger partial charge in [0.25, 0.3) is 0 Å². The Morgan fingerprint density at radius 3 is 2.18 bits per heavy atom. The minimum atomic E-state index is -0.838. The molecule has 1 fully saturated rings. The Hall–Kier alpha value is -3.82. The molecule has 0 spiro atoms. The van der Waals surface area contributed by atoms with E-state index in [9.17, 15) is 19.2 Å². The van der Waals surface area contributed by atoms with Crippen molar-refractivity contribution in [1.29, 1.82) is 0 Å². The molecule has 1 aromatic heterocycles. The van der Waals surface area contributed by atoms with Gasteiger partial charge in [-0.05, 0) is 30.5 Å². The topological polar surface area (TPSA) is 105 Å². The molecular weight excluding hydrogens is 440 g/mol. The maximum Gasteiger partial charge on any atom is 0.337 e. The van der Waals surface area contributed by atoms with Crippen LogP contribution >= 0.6 is 0 Å². The van der Waals surface area contributed by atoms with Gasteiger partial charge >= 0.3 is 17.1 Å². The Kier molecular flexibility index (Phi) is 6.85. The fourth-order valence-corrected chi connectivity index (χ4v) is 4.41. The largest absolute Gasteiger partial charge is 0.490 e. The summed E-state index contributed by atoms with van der Waals surface area (Å²) in [5.41, 5.74) is -1.53. The number of allylic oxidation sites excluding steroid dienone is 2. The molecule has 0 aliphatic carbocycles. The lowest BCUT2D eigenvalue weighted by Crippen LogP contribution is -2.55. The van der Waals surface area contributed by atoms with Crippen molar-refractivity contribution < 1.29 is 14.3 Å². The highest BCUT2D eigenvalue weighted by atomic mass is 16.5. The summed E-state index contributed by atoms with van der Waals surface area (Å²) in [6.45, 7) is 8.15. The van der Waals surface area contributed by atoms with E-state index in [1.807, 2.05) is 18.2 Å². The minimum Gasteiger partial charge on any atom is -0.490 e. The van der Waals surface area contributed by atoms with E-state index in [4.69, 9.17) is 9.47 Å². The summed E-state index contributed by atoms with van der Waals surface area (Å²) in [6, 6.07) is 5.44. The van der Waals surface area contributed by atoms with Crippen LogP contribution < -0.4 is 26.5 Å². The SMILES string of the molecule is C=CCn1c(=O)n(CC=C)c(=O)n(CC(=O)N2CCCC2c2ccc3c(c2)OCCCO3)c1=O. The summed E-state index contributed by atoms with van der Waals surface area (Å²) < 4.78 is 14.1. The van der Waals surface area contributed by atoms with Crippen molar-refractivity contribution in [3.8, 4) is 11.5 Å². The molecule has 0 radical (unpaired) electrons. The van der Waals surface area contributed by atoms with Crippen molar-refractivity contribution in [2.45, 2.75) is 44.9 Å². The number of nitrogens with zero attached hydrogens (tertiary/aromatic N) is 4. The molecule has 1 amide bonds. The Balaban J connectivity index is 1.65. The van der Waals surface area contributed by atoms with Crippen molar-refractivity contribution in [3.63, 3.8) is 0 Å². The van der Waals surface area contributed by atoms with Crippen molar-refractivity contribution in [3.05, 3.63) is 80.5 Å². The van der Waals surface area contributed by atoms with Gasteiger partial charge in [-0.25, -0.2) is 28.1 Å². The molecule has 10 nitrogen and oxygen atoms in total. The van der Waals surface area contributed by atoms with Gasteiger partial charge in [-0.1, -0.05) is 18.2 Å². The predicted molar refractivity (Wildman–Crippen MR) is 125 cm³/mol. The highest BCUT2D eigenvalue weighted by Gasteiger charge is 2.31. The zero-order valence-corrected chi connectivity index (χ0v) is 19.0. The van der Waals surface area contributed by atoms with Gasteiger partial charge in [0.1, 0.15) is 6.54 Å². The standard InChI is InChI=1S/C24H28N4O6/c1-3-10-26-22(30)27(11-4-2)24(32)28(23(26)31)16-21(29)25-12-5-7-18(25)17-8-9-19-20(15-17)34-14-6-13-33-19/h3-4,8-9,15,18H,1-2,5-7,10-14,16H2. The van der Waals surface area contributed by atoms with E-state index in [2.05, 4.69) is 13.2 Å². The van der Waals surface area contributed by atoms with Crippen LogP contribution in [0.4, 0.5) is 0 Å². The van der Waals surface area contributed by atoms with Gasteiger partial charge in [0, 0.05) is 13.0 Å². The summed E-state index contributed by atoms with van der Waals surface area (Å²) in [5.74, 6) is 0.952. The first-order valence-electron chi connectivity index (χ1n) is 11.3. The van der Waals surface area contributed by atoms with Gasteiger partial charge in [-0.3, -0.25) is 4.79 Å². The maximum absolute atomic E-state index is 13.3. The second kappa shape index (κ2) is 9.98. The smallest absolute Gasteiger partial charge is 0.337 e. The monoisotopic (exact) mass is 468 g/mol. The third-order valence-corrected chi connectivity index (χ3v) is 6.03. The molecule has 0 saturated carbocycles. The average molecular weight is 469 g/mol. The van der Waals surface area contributed by atoms with Crippen LogP contribution in [-0.4, -0.2) is 44.3 Å². The average Bonchev–Trinajstić information content (AvgIpc) is 3.21. The van der Waals surface area contributed by atoms with Crippen LogP contribution in [0.2, 0.25) is 0 Å². The Morgan fingerprint density at radius 1 is 0.912 bits per heavy atom. The molecule has 0 N–H and O–H groups in total. The van der Waals surface area contributed by atoms with E-state index in [0.29, 0.717) is 31.3 Å². The van der Waals surface area contributed by atoms with E-state index >= 15 is 0 Å². The van der Waals surface area contributed by atoms with Crippen LogP contribution in [0, 0.1) is 0 Å². The number of amides is 1. The Bertz CT molecular complexity index is 1240. The Morgan fingerprint density at radius 2 is 1.53 bits per heavy atom. The van der Waals surface area contributed by atoms with Crippen molar-refractivity contribution in [1.82, 2.24) is 18.6 Å². The minimum absolute atomic E-state index is 0.0766. The highest BCUT2D eigenvalue weighted by Crippen LogP contribution is 2.37. The number of carbonyl (C=O) groups is 1. The van der Waals surface area contributed by atoms with Gasteiger partial charge in [0.15, 0.2) is 11.5 Å². The first kappa shape index (κ1) is 23.3. The van der Waals surface area contributed by atoms with Gasteiger partial charge in [-0.15, -0.1) is 13.2 Å². The van der Waals surface area contributed by atoms with Crippen LogP contribution in [0.3, 0.4) is 0 Å². The zero-order chi connectivity index (χ0) is 24.2.